The maximum absolute atomic E-state index is 12.6. The summed E-state index contributed by atoms with van der Waals surface area (Å²) in [6, 6.07) is 18.1. The smallest absolute Gasteiger partial charge is 0.263 e. The lowest BCUT2D eigenvalue weighted by Crippen LogP contribution is -2.32. The highest BCUT2D eigenvalue weighted by molar-refractivity contribution is 5.93. The molecule has 0 fully saturated rings. The molecule has 0 bridgehead atoms. The Kier molecular flexibility index (Phi) is 5.43. The molecule has 6 nitrogen and oxygen atoms in total. The van der Waals surface area contributed by atoms with E-state index in [0.717, 1.165) is 5.56 Å². The normalized spacial score (nSPS) is 10.3. The van der Waals surface area contributed by atoms with E-state index in [0.29, 0.717) is 18.1 Å². The molecular weight excluding hydrogens is 330 g/mol. The summed E-state index contributed by atoms with van der Waals surface area (Å²) < 4.78 is 6.58. The van der Waals surface area contributed by atoms with Gasteiger partial charge >= 0.3 is 0 Å². The Morgan fingerprint density at radius 2 is 1.88 bits per heavy atom. The van der Waals surface area contributed by atoms with Crippen molar-refractivity contribution >= 4 is 5.91 Å². The van der Waals surface area contributed by atoms with E-state index in [-0.39, 0.29) is 17.7 Å². The van der Waals surface area contributed by atoms with Crippen molar-refractivity contribution in [3.8, 4) is 5.88 Å². The first kappa shape index (κ1) is 17.4. The monoisotopic (exact) mass is 349 g/mol. The quantitative estimate of drug-likeness (QED) is 0.741. The fourth-order valence-corrected chi connectivity index (χ4v) is 2.55. The van der Waals surface area contributed by atoms with Crippen LogP contribution < -0.4 is 15.6 Å². The van der Waals surface area contributed by atoms with E-state index in [4.69, 9.17) is 4.74 Å². The summed E-state index contributed by atoms with van der Waals surface area (Å²) in [7, 11) is 1.53. The summed E-state index contributed by atoms with van der Waals surface area (Å²) in [6.07, 6.45) is 1.68. The minimum absolute atomic E-state index is 0.103. The second-order valence-corrected chi connectivity index (χ2v) is 5.69. The number of methoxy groups -OCH3 is 1. The highest BCUT2D eigenvalue weighted by Gasteiger charge is 2.12. The first-order chi connectivity index (χ1) is 12.7. The standard InChI is InChI=1S/C20H19N3O3/c1-26-18-11-5-9-16(22-18)13-21-19(24)17-10-6-12-23(20(17)25)14-15-7-3-2-4-8-15/h2-12H,13-14H2,1H3,(H,21,24). The number of carbonyl (C=O) groups is 1. The fraction of sp³-hybridized carbons (Fsp3) is 0.150. The Morgan fingerprint density at radius 3 is 2.65 bits per heavy atom. The van der Waals surface area contributed by atoms with E-state index < -0.39 is 5.91 Å². The molecule has 0 aliphatic carbocycles. The van der Waals surface area contributed by atoms with Crippen LogP contribution in [0, 0.1) is 0 Å². The van der Waals surface area contributed by atoms with Crippen LogP contribution in [0.3, 0.4) is 0 Å². The third-order valence-corrected chi connectivity index (χ3v) is 3.88. The first-order valence-electron chi connectivity index (χ1n) is 8.19. The molecular formula is C20H19N3O3. The maximum atomic E-state index is 12.6. The predicted molar refractivity (Wildman–Crippen MR) is 98.2 cm³/mol. The topological polar surface area (TPSA) is 73.2 Å². The largest absolute Gasteiger partial charge is 0.481 e. The lowest BCUT2D eigenvalue weighted by atomic mass is 10.2. The van der Waals surface area contributed by atoms with E-state index in [1.807, 2.05) is 30.3 Å². The first-order valence-corrected chi connectivity index (χ1v) is 8.19. The fourth-order valence-electron chi connectivity index (χ4n) is 2.55. The van der Waals surface area contributed by atoms with Gasteiger partial charge in [0.15, 0.2) is 0 Å². The number of nitrogens with one attached hydrogen (secondary N) is 1. The molecule has 0 spiro atoms. The van der Waals surface area contributed by atoms with Gasteiger partial charge in [-0.25, -0.2) is 4.98 Å². The van der Waals surface area contributed by atoms with Gasteiger partial charge in [0, 0.05) is 12.3 Å². The van der Waals surface area contributed by atoms with Crippen molar-refractivity contribution in [2.24, 2.45) is 0 Å². The maximum Gasteiger partial charge on any atom is 0.263 e. The lowest BCUT2D eigenvalue weighted by Gasteiger charge is -2.09. The second kappa shape index (κ2) is 8.11. The number of hydrogen-bond acceptors (Lipinski definition) is 4. The van der Waals surface area contributed by atoms with Crippen molar-refractivity contribution in [1.82, 2.24) is 14.9 Å². The average molecular weight is 349 g/mol. The van der Waals surface area contributed by atoms with Gasteiger partial charge in [0.05, 0.1) is 25.9 Å². The zero-order chi connectivity index (χ0) is 18.4. The Morgan fingerprint density at radius 1 is 1.08 bits per heavy atom. The molecule has 0 aliphatic rings. The van der Waals surface area contributed by atoms with Gasteiger partial charge in [0.1, 0.15) is 5.56 Å². The molecule has 1 aromatic carbocycles. The molecule has 2 heterocycles. The Balaban J connectivity index is 1.73. The number of nitrogens with zero attached hydrogens (tertiary/aromatic N) is 2. The third kappa shape index (κ3) is 4.16. The van der Waals surface area contributed by atoms with Gasteiger partial charge in [0.25, 0.3) is 11.5 Å². The highest BCUT2D eigenvalue weighted by atomic mass is 16.5. The Labute approximate surface area is 151 Å². The van der Waals surface area contributed by atoms with E-state index in [2.05, 4.69) is 10.3 Å². The molecule has 0 aliphatic heterocycles. The van der Waals surface area contributed by atoms with Crippen molar-refractivity contribution in [3.05, 3.63) is 94.0 Å². The van der Waals surface area contributed by atoms with E-state index in [1.165, 1.54) is 17.7 Å². The summed E-state index contributed by atoms with van der Waals surface area (Å²) in [6.45, 7) is 0.626. The van der Waals surface area contributed by atoms with E-state index >= 15 is 0 Å². The van der Waals surface area contributed by atoms with Gasteiger partial charge in [-0.2, -0.15) is 0 Å². The molecule has 0 atom stereocenters. The van der Waals surface area contributed by atoms with Crippen LogP contribution >= 0.6 is 0 Å². The van der Waals surface area contributed by atoms with Crippen LogP contribution in [0.2, 0.25) is 0 Å². The summed E-state index contributed by atoms with van der Waals surface area (Å²) in [5.41, 5.74) is 1.42. The second-order valence-electron chi connectivity index (χ2n) is 5.69. The summed E-state index contributed by atoms with van der Waals surface area (Å²) in [5.74, 6) is 0.0451. The molecule has 0 radical (unpaired) electrons. The number of benzene rings is 1. The molecule has 0 unspecified atom stereocenters. The molecule has 1 N–H and O–H groups in total. The van der Waals surface area contributed by atoms with Gasteiger partial charge in [-0.15, -0.1) is 0 Å². The van der Waals surface area contributed by atoms with Crippen molar-refractivity contribution < 1.29 is 9.53 Å². The van der Waals surface area contributed by atoms with E-state index in [9.17, 15) is 9.59 Å². The number of rotatable bonds is 6. The minimum Gasteiger partial charge on any atom is -0.481 e. The Hall–Kier alpha value is -3.41. The number of hydrogen-bond donors (Lipinski definition) is 1. The highest BCUT2D eigenvalue weighted by Crippen LogP contribution is 2.06. The summed E-state index contributed by atoms with van der Waals surface area (Å²) in [4.78, 5) is 29.2. The molecule has 2 aromatic heterocycles. The van der Waals surface area contributed by atoms with Crippen LogP contribution in [-0.2, 0) is 13.1 Å². The van der Waals surface area contributed by atoms with Gasteiger partial charge < -0.3 is 14.6 Å². The average Bonchev–Trinajstić information content (AvgIpc) is 2.69. The molecule has 3 aromatic rings. The molecule has 0 saturated heterocycles. The molecule has 26 heavy (non-hydrogen) atoms. The number of amides is 1. The van der Waals surface area contributed by atoms with Crippen LogP contribution in [0.5, 0.6) is 5.88 Å². The number of aromatic nitrogens is 2. The van der Waals surface area contributed by atoms with Crippen molar-refractivity contribution in [2.45, 2.75) is 13.1 Å². The Bertz CT molecular complexity index is 952. The minimum atomic E-state index is -0.429. The number of carbonyl (C=O) groups excluding carboxylic acids is 1. The van der Waals surface area contributed by atoms with Crippen LogP contribution in [0.1, 0.15) is 21.6 Å². The van der Waals surface area contributed by atoms with Gasteiger partial charge in [-0.05, 0) is 23.8 Å². The number of pyridine rings is 2. The summed E-state index contributed by atoms with van der Waals surface area (Å²) >= 11 is 0. The van der Waals surface area contributed by atoms with Crippen molar-refractivity contribution in [3.63, 3.8) is 0 Å². The van der Waals surface area contributed by atoms with Crippen molar-refractivity contribution in [2.75, 3.05) is 7.11 Å². The molecule has 0 saturated carbocycles. The zero-order valence-corrected chi connectivity index (χ0v) is 14.4. The lowest BCUT2D eigenvalue weighted by molar-refractivity contribution is 0.0948. The van der Waals surface area contributed by atoms with Crippen LogP contribution in [0.15, 0.2) is 71.7 Å². The van der Waals surface area contributed by atoms with Gasteiger partial charge in [-0.1, -0.05) is 36.4 Å². The summed E-state index contributed by atoms with van der Waals surface area (Å²) in [5, 5.41) is 2.73. The van der Waals surface area contributed by atoms with Crippen LogP contribution in [-0.4, -0.2) is 22.6 Å². The molecule has 132 valence electrons. The van der Waals surface area contributed by atoms with Gasteiger partial charge in [-0.3, -0.25) is 9.59 Å². The van der Waals surface area contributed by atoms with Crippen LogP contribution in [0.4, 0.5) is 0 Å². The van der Waals surface area contributed by atoms with Crippen LogP contribution in [0.25, 0.3) is 0 Å². The van der Waals surface area contributed by atoms with Gasteiger partial charge in [0.2, 0.25) is 5.88 Å². The van der Waals surface area contributed by atoms with E-state index in [1.54, 1.807) is 30.5 Å². The molecule has 3 rings (SSSR count). The molecule has 1 amide bonds. The van der Waals surface area contributed by atoms with Crippen molar-refractivity contribution in [1.29, 1.82) is 0 Å². The zero-order valence-electron chi connectivity index (χ0n) is 14.4. The predicted octanol–water partition coefficient (Wildman–Crippen LogP) is 2.23. The third-order valence-electron chi connectivity index (χ3n) is 3.88. The SMILES string of the molecule is COc1cccc(CNC(=O)c2cccn(Cc3ccccc3)c2=O)n1. The number of ether oxygens (including phenoxy) is 1. The molecule has 6 heteroatoms.